The second kappa shape index (κ2) is 15.9. The Bertz CT molecular complexity index is 977. The monoisotopic (exact) mass is 569 g/mol. The molecule has 11 nitrogen and oxygen atoms in total. The average Bonchev–Trinajstić information content (AvgIpc) is 2.77. The lowest BCUT2D eigenvalue weighted by atomic mass is 10.2. The van der Waals surface area contributed by atoms with Gasteiger partial charge in [-0.1, -0.05) is 56.0 Å². The summed E-state index contributed by atoms with van der Waals surface area (Å²) in [6.07, 6.45) is 1.23. The Hall–Kier alpha value is -2.00. The number of primary sulfonamides is 1. The number of nitrogens with zero attached hydrogens (tertiary/aromatic N) is 4. The van der Waals surface area contributed by atoms with Crippen molar-refractivity contribution < 1.29 is 18.3 Å². The molecule has 0 amide bonds. The number of hydrogen-bond acceptors (Lipinski definition) is 9. The third-order valence-corrected chi connectivity index (χ3v) is 7.24. The van der Waals surface area contributed by atoms with E-state index in [2.05, 4.69) is 25.3 Å². The van der Waals surface area contributed by atoms with Crippen molar-refractivity contribution in [1.82, 2.24) is 4.90 Å². The topological polar surface area (TPSA) is 153 Å². The zero-order valence-corrected chi connectivity index (χ0v) is 23.4. The van der Waals surface area contributed by atoms with Crippen molar-refractivity contribution in [1.29, 1.82) is 0 Å². The third kappa shape index (κ3) is 11.1. The summed E-state index contributed by atoms with van der Waals surface area (Å²) in [7, 11) is -4.31. The maximum absolute atomic E-state index is 11.4. The van der Waals surface area contributed by atoms with Crippen LogP contribution < -0.4 is 10.0 Å². The van der Waals surface area contributed by atoms with Crippen LogP contribution >= 0.6 is 35.6 Å². The van der Waals surface area contributed by atoms with Gasteiger partial charge in [0, 0.05) is 49.1 Å². The normalized spacial score (nSPS) is 10.7. The number of halogens is 1. The minimum Gasteiger partial charge on any atom is -0.360 e. The van der Waals surface area contributed by atoms with E-state index in [9.17, 15) is 28.6 Å². The maximum Gasteiger partial charge on any atom is 0.301 e. The Morgan fingerprint density at radius 3 is 1.80 bits per heavy atom. The molecule has 0 saturated heterocycles. The Kier molecular flexibility index (Phi) is 15.0. The van der Waals surface area contributed by atoms with Gasteiger partial charge in [-0.3, -0.25) is 20.2 Å². The first kappa shape index (κ1) is 33.0. The van der Waals surface area contributed by atoms with Gasteiger partial charge in [0.15, 0.2) is 5.69 Å². The Balaban J connectivity index is 0.000000814. The van der Waals surface area contributed by atoms with Crippen LogP contribution in [0.25, 0.3) is 0 Å². The molecule has 0 radical (unpaired) electrons. The van der Waals surface area contributed by atoms with Crippen molar-refractivity contribution in [3.8, 4) is 0 Å². The Morgan fingerprint density at radius 1 is 1.09 bits per heavy atom. The number of benzene rings is 1. The number of thioether (sulfide) groups is 1. The van der Waals surface area contributed by atoms with Crippen molar-refractivity contribution in [3.05, 3.63) is 44.0 Å². The van der Waals surface area contributed by atoms with E-state index in [1.807, 2.05) is 13.8 Å². The minimum atomic E-state index is -4.31. The molecule has 1 aromatic rings. The van der Waals surface area contributed by atoms with E-state index in [1.54, 1.807) is 11.8 Å². The van der Waals surface area contributed by atoms with Crippen LogP contribution in [-0.4, -0.2) is 59.4 Å². The lowest BCUT2D eigenvalue weighted by Gasteiger charge is -2.23. The SMILES string of the molecule is C=C(Cl)CSC(=S)N(CC)CC.CCCN(CCC)c1c([N+](=O)[O-])cc(S(N)(=O)=O)cc1[N+](=O)[O-]. The molecule has 35 heavy (non-hydrogen) atoms. The lowest BCUT2D eigenvalue weighted by molar-refractivity contribution is -0.393. The van der Waals surface area contributed by atoms with Crippen molar-refractivity contribution in [3.63, 3.8) is 0 Å². The summed E-state index contributed by atoms with van der Waals surface area (Å²) in [5.74, 6) is 0.705. The summed E-state index contributed by atoms with van der Waals surface area (Å²) < 4.78 is 23.8. The van der Waals surface area contributed by atoms with Crippen LogP contribution in [0.2, 0.25) is 0 Å². The second-order valence-corrected chi connectivity index (χ2v) is 10.8. The lowest BCUT2D eigenvalue weighted by Crippen LogP contribution is -2.27. The van der Waals surface area contributed by atoms with Crippen molar-refractivity contribution in [2.75, 3.05) is 36.8 Å². The van der Waals surface area contributed by atoms with E-state index >= 15 is 0 Å². The third-order valence-electron chi connectivity index (χ3n) is 4.44. The van der Waals surface area contributed by atoms with E-state index in [1.165, 1.54) is 4.90 Å². The fourth-order valence-electron chi connectivity index (χ4n) is 2.93. The first-order valence-corrected chi connectivity index (χ1v) is 14.1. The van der Waals surface area contributed by atoms with E-state index < -0.39 is 36.1 Å². The molecule has 0 aliphatic heterocycles. The summed E-state index contributed by atoms with van der Waals surface area (Å²) in [6.45, 7) is 14.1. The largest absolute Gasteiger partial charge is 0.360 e. The van der Waals surface area contributed by atoms with Crippen LogP contribution in [0.1, 0.15) is 40.5 Å². The number of hydrogen-bond donors (Lipinski definition) is 1. The summed E-state index contributed by atoms with van der Waals surface area (Å²) in [5, 5.41) is 28.2. The number of nitro groups is 2. The summed E-state index contributed by atoms with van der Waals surface area (Å²) in [6, 6.07) is 1.52. The fourth-order valence-corrected chi connectivity index (χ4v) is 4.81. The highest BCUT2D eigenvalue weighted by Gasteiger charge is 2.32. The molecule has 0 spiro atoms. The van der Waals surface area contributed by atoms with Crippen LogP contribution in [-0.2, 0) is 10.0 Å². The van der Waals surface area contributed by atoms with Crippen LogP contribution in [0.4, 0.5) is 17.1 Å². The zero-order valence-electron chi connectivity index (χ0n) is 20.2. The van der Waals surface area contributed by atoms with Gasteiger partial charge in [0.25, 0.3) is 0 Å². The van der Waals surface area contributed by atoms with Crippen LogP contribution in [0.15, 0.2) is 28.6 Å². The summed E-state index contributed by atoms with van der Waals surface area (Å²) in [4.78, 5) is 23.9. The molecule has 0 fully saturated rings. The Morgan fingerprint density at radius 2 is 1.51 bits per heavy atom. The molecule has 0 bridgehead atoms. The molecule has 198 valence electrons. The van der Waals surface area contributed by atoms with Crippen molar-refractivity contribution >= 4 is 67.0 Å². The minimum absolute atomic E-state index is 0.198. The smallest absolute Gasteiger partial charge is 0.301 e. The standard InChI is InChI=1S/C12H18N4O6S.C8H14ClNS2/c1-3-5-14(6-4-2)12-10(15(17)18)7-9(23(13,21)22)8-11(12)16(19)20;1-4-10(5-2)8(11)12-6-7(3)9/h7-8H,3-6H2,1-2H3,(H2,13,21,22);3-6H2,1-2H3. The molecule has 2 N–H and O–H groups in total. The first-order chi connectivity index (χ1) is 16.2. The van der Waals surface area contributed by atoms with E-state index in [0.717, 1.165) is 29.5 Å². The highest BCUT2D eigenvalue weighted by Crippen LogP contribution is 2.39. The highest BCUT2D eigenvalue weighted by atomic mass is 35.5. The quantitative estimate of drug-likeness (QED) is 0.209. The maximum atomic E-state index is 11.4. The van der Waals surface area contributed by atoms with E-state index in [-0.39, 0.29) is 5.69 Å². The molecule has 0 saturated carbocycles. The van der Waals surface area contributed by atoms with E-state index in [0.29, 0.717) is 36.7 Å². The number of anilines is 1. The van der Waals surface area contributed by atoms with Gasteiger partial charge in [-0.05, 0) is 26.7 Å². The van der Waals surface area contributed by atoms with Gasteiger partial charge in [-0.15, -0.1) is 0 Å². The molecule has 15 heteroatoms. The van der Waals surface area contributed by atoms with Gasteiger partial charge >= 0.3 is 11.4 Å². The number of thiocarbonyl (C=S) groups is 1. The molecule has 0 unspecified atom stereocenters. The summed E-state index contributed by atoms with van der Waals surface area (Å²) >= 11 is 12.4. The number of nitro benzene ring substituents is 2. The average molecular weight is 570 g/mol. The fraction of sp³-hybridized carbons (Fsp3) is 0.550. The predicted octanol–water partition coefficient (Wildman–Crippen LogP) is 4.88. The van der Waals surface area contributed by atoms with Gasteiger partial charge in [0.05, 0.1) is 14.7 Å². The molecule has 0 aliphatic rings. The van der Waals surface area contributed by atoms with Gasteiger partial charge in [-0.2, -0.15) is 0 Å². The first-order valence-electron chi connectivity index (χ1n) is 10.7. The molecule has 0 aromatic heterocycles. The number of nitrogens with two attached hydrogens (primary N) is 1. The van der Waals surface area contributed by atoms with Crippen molar-refractivity contribution in [2.45, 2.75) is 45.4 Å². The molecular formula is C20H32ClN5O6S3. The molecule has 1 rings (SSSR count). The molecule has 0 aliphatic carbocycles. The van der Waals surface area contributed by atoms with Crippen molar-refractivity contribution in [2.24, 2.45) is 5.14 Å². The molecule has 1 aromatic carbocycles. The summed E-state index contributed by atoms with van der Waals surface area (Å²) in [5.41, 5.74) is -1.49. The zero-order chi connectivity index (χ0) is 27.3. The van der Waals surface area contributed by atoms with Gasteiger partial charge in [-0.25, -0.2) is 13.6 Å². The molecule has 0 atom stereocenters. The van der Waals surface area contributed by atoms with Gasteiger partial charge < -0.3 is 9.80 Å². The van der Waals surface area contributed by atoms with E-state index in [4.69, 9.17) is 29.0 Å². The van der Waals surface area contributed by atoms with Gasteiger partial charge in [0.2, 0.25) is 10.0 Å². The number of rotatable bonds is 12. The molecule has 0 heterocycles. The second-order valence-electron chi connectivity index (χ2n) is 7.10. The predicted molar refractivity (Wildman–Crippen MR) is 147 cm³/mol. The van der Waals surface area contributed by atoms with Crippen LogP contribution in [0.3, 0.4) is 0 Å². The van der Waals surface area contributed by atoms with Crippen LogP contribution in [0.5, 0.6) is 0 Å². The Labute approximate surface area is 221 Å². The number of sulfonamides is 1. The van der Waals surface area contributed by atoms with Gasteiger partial charge in [0.1, 0.15) is 4.32 Å². The van der Waals surface area contributed by atoms with Crippen LogP contribution in [0, 0.1) is 20.2 Å². The molecular weight excluding hydrogens is 538 g/mol. The highest BCUT2D eigenvalue weighted by molar-refractivity contribution is 8.23.